The molecular formula is C36H40F3N5O3S. The zero-order valence-electron chi connectivity index (χ0n) is 27.3. The molecule has 48 heavy (non-hydrogen) atoms. The molecular weight excluding hydrogens is 639 g/mol. The van der Waals surface area contributed by atoms with E-state index in [0.717, 1.165) is 41.2 Å². The molecule has 8 nitrogen and oxygen atoms in total. The van der Waals surface area contributed by atoms with Crippen molar-refractivity contribution in [2.75, 3.05) is 13.1 Å². The molecule has 2 aromatic heterocycles. The molecule has 1 fully saturated rings. The number of hydrogen-bond acceptors (Lipinski definition) is 7. The number of nitrogens with one attached hydrogen (secondary N) is 2. The fourth-order valence-electron chi connectivity index (χ4n) is 6.02. The highest BCUT2D eigenvalue weighted by Gasteiger charge is 2.33. The number of alkyl halides is 3. The summed E-state index contributed by atoms with van der Waals surface area (Å²) < 4.78 is 42.6. The predicted molar refractivity (Wildman–Crippen MR) is 179 cm³/mol. The smallest absolute Gasteiger partial charge is 0.263 e. The SMILES string of the molecule is Cc1csc([C@H]2CCCN2C(=O)c2cc(C(=O)N[C@@H](C)[C@@H](CNCc3cncc(C(C)(C)F)c3)c3ccccc3O)cc(C(F)F)c2)n1. The average molecular weight is 680 g/mol. The quantitative estimate of drug-likeness (QED) is 0.144. The van der Waals surface area contributed by atoms with Gasteiger partial charge in [0.05, 0.1) is 6.04 Å². The molecule has 2 aromatic carbocycles. The van der Waals surface area contributed by atoms with E-state index >= 15 is 0 Å². The number of aromatic nitrogens is 2. The minimum absolute atomic E-state index is 0.0111. The second-order valence-corrected chi connectivity index (χ2v) is 13.6. The molecule has 0 bridgehead atoms. The lowest BCUT2D eigenvalue weighted by molar-refractivity contribution is 0.0734. The molecule has 1 saturated heterocycles. The number of para-hydroxylation sites is 1. The summed E-state index contributed by atoms with van der Waals surface area (Å²) in [6, 6.07) is 11.3. The third-order valence-corrected chi connectivity index (χ3v) is 9.69. The number of hydrogen-bond donors (Lipinski definition) is 3. The van der Waals surface area contributed by atoms with Crippen molar-refractivity contribution >= 4 is 23.2 Å². The summed E-state index contributed by atoms with van der Waals surface area (Å²) in [6.45, 7) is 7.67. The Balaban J connectivity index is 1.35. The Morgan fingerprint density at radius 1 is 1.12 bits per heavy atom. The summed E-state index contributed by atoms with van der Waals surface area (Å²) in [5, 5.41) is 19.6. The van der Waals surface area contributed by atoms with Crippen LogP contribution >= 0.6 is 11.3 Å². The van der Waals surface area contributed by atoms with Crippen LogP contribution in [-0.2, 0) is 12.2 Å². The van der Waals surface area contributed by atoms with E-state index in [1.54, 1.807) is 48.4 Å². The van der Waals surface area contributed by atoms with E-state index in [1.165, 1.54) is 37.4 Å². The fraction of sp³-hybridized carbons (Fsp3) is 0.389. The van der Waals surface area contributed by atoms with Crippen molar-refractivity contribution in [2.45, 2.75) is 77.2 Å². The summed E-state index contributed by atoms with van der Waals surface area (Å²) in [6.07, 6.45) is 1.70. The number of phenols is 1. The van der Waals surface area contributed by atoms with Gasteiger partial charge in [-0.15, -0.1) is 11.3 Å². The molecule has 254 valence electrons. The lowest BCUT2D eigenvalue weighted by Gasteiger charge is -2.27. The molecule has 0 aliphatic carbocycles. The number of pyridine rings is 1. The number of phenolic OH excluding ortho intramolecular Hbond substituents is 1. The van der Waals surface area contributed by atoms with E-state index in [2.05, 4.69) is 20.6 Å². The van der Waals surface area contributed by atoms with Gasteiger partial charge in [0.2, 0.25) is 0 Å². The molecule has 0 unspecified atom stereocenters. The number of likely N-dealkylation sites (tertiary alicyclic amines) is 1. The topological polar surface area (TPSA) is 107 Å². The zero-order valence-corrected chi connectivity index (χ0v) is 28.2. The van der Waals surface area contributed by atoms with Crippen LogP contribution in [0, 0.1) is 6.92 Å². The Bertz CT molecular complexity index is 1760. The van der Waals surface area contributed by atoms with Crippen molar-refractivity contribution in [3.8, 4) is 5.75 Å². The third-order valence-electron chi connectivity index (χ3n) is 8.63. The number of thiazole rings is 1. The molecule has 2 amide bonds. The van der Waals surface area contributed by atoms with E-state index in [9.17, 15) is 27.9 Å². The first-order valence-corrected chi connectivity index (χ1v) is 16.8. The summed E-state index contributed by atoms with van der Waals surface area (Å²) in [5.74, 6) is -1.47. The van der Waals surface area contributed by atoms with E-state index in [4.69, 9.17) is 0 Å². The monoisotopic (exact) mass is 679 g/mol. The minimum Gasteiger partial charge on any atom is -0.508 e. The zero-order chi connectivity index (χ0) is 34.6. The highest BCUT2D eigenvalue weighted by Crippen LogP contribution is 2.36. The van der Waals surface area contributed by atoms with Gasteiger partial charge >= 0.3 is 0 Å². The Morgan fingerprint density at radius 2 is 1.88 bits per heavy atom. The maximum absolute atomic E-state index is 14.5. The molecule has 5 rings (SSSR count). The van der Waals surface area contributed by atoms with Crippen LogP contribution in [0.2, 0.25) is 0 Å². The number of nitrogens with zero attached hydrogens (tertiary/aromatic N) is 3. The second-order valence-electron chi connectivity index (χ2n) is 12.7. The molecule has 1 aliphatic heterocycles. The Labute approximate surface area is 282 Å². The van der Waals surface area contributed by atoms with Gasteiger partial charge in [-0.25, -0.2) is 18.2 Å². The van der Waals surface area contributed by atoms with Gasteiger partial charge in [0, 0.05) is 82.9 Å². The predicted octanol–water partition coefficient (Wildman–Crippen LogP) is 7.36. The van der Waals surface area contributed by atoms with Gasteiger partial charge in [-0.2, -0.15) is 0 Å². The van der Waals surface area contributed by atoms with Gasteiger partial charge in [0.15, 0.2) is 0 Å². The van der Waals surface area contributed by atoms with Crippen LogP contribution in [0.5, 0.6) is 5.75 Å². The Morgan fingerprint density at radius 3 is 2.56 bits per heavy atom. The Hall–Kier alpha value is -4.29. The summed E-state index contributed by atoms with van der Waals surface area (Å²) in [7, 11) is 0. The molecule has 3 N–H and O–H groups in total. The minimum atomic E-state index is -2.90. The first-order valence-electron chi connectivity index (χ1n) is 15.9. The number of amides is 2. The summed E-state index contributed by atoms with van der Waals surface area (Å²) in [4.78, 5) is 37.7. The van der Waals surface area contributed by atoms with Gasteiger partial charge in [-0.3, -0.25) is 14.6 Å². The number of benzene rings is 2. The standard InChI is InChI=1S/C36H40F3N5O3S/c1-21-20-48-34(42-21)30-9-7-11-44(30)35(47)26-14-24(32(37)38)13-25(15-26)33(46)43-22(2)29(28-8-5-6-10-31(28)45)19-41-17-23-12-27(18-40-16-23)36(3,4)39/h5-6,8,10,12-16,18,20,22,29-30,32,41,45H,7,9,11,17,19H2,1-4H3,(H,43,46)/t22-,29+,30+/m0/s1. The first kappa shape index (κ1) is 35.0. The summed E-state index contributed by atoms with van der Waals surface area (Å²) >= 11 is 1.46. The maximum atomic E-state index is 14.5. The molecule has 0 saturated carbocycles. The number of aromatic hydroxyl groups is 1. The van der Waals surface area contributed by atoms with Crippen molar-refractivity contribution in [1.29, 1.82) is 0 Å². The molecule has 3 atom stereocenters. The van der Waals surface area contributed by atoms with E-state index < -0.39 is 41.4 Å². The molecule has 4 aromatic rings. The fourth-order valence-corrected chi connectivity index (χ4v) is 6.96. The van der Waals surface area contributed by atoms with Gasteiger partial charge in [0.25, 0.3) is 18.2 Å². The van der Waals surface area contributed by atoms with Crippen molar-refractivity contribution < 1.29 is 27.9 Å². The van der Waals surface area contributed by atoms with Crippen LogP contribution in [0.15, 0.2) is 66.3 Å². The van der Waals surface area contributed by atoms with Crippen LogP contribution < -0.4 is 10.6 Å². The van der Waals surface area contributed by atoms with Crippen LogP contribution in [0.3, 0.4) is 0 Å². The lowest BCUT2D eigenvalue weighted by atomic mass is 9.91. The average Bonchev–Trinajstić information content (AvgIpc) is 3.72. The molecule has 3 heterocycles. The van der Waals surface area contributed by atoms with E-state index in [0.29, 0.717) is 30.8 Å². The number of halogens is 3. The number of rotatable bonds is 12. The summed E-state index contributed by atoms with van der Waals surface area (Å²) in [5.41, 5.74) is 0.602. The number of carbonyl (C=O) groups excluding carboxylic acids is 2. The largest absolute Gasteiger partial charge is 0.508 e. The normalized spacial score (nSPS) is 16.2. The highest BCUT2D eigenvalue weighted by molar-refractivity contribution is 7.09. The van der Waals surface area contributed by atoms with Crippen molar-refractivity contribution in [1.82, 2.24) is 25.5 Å². The number of carbonyl (C=O) groups is 2. The molecule has 0 radical (unpaired) electrons. The maximum Gasteiger partial charge on any atom is 0.263 e. The van der Waals surface area contributed by atoms with Gasteiger partial charge in [-0.1, -0.05) is 18.2 Å². The first-order chi connectivity index (χ1) is 22.8. The Kier molecular flexibility index (Phi) is 10.8. The second kappa shape index (κ2) is 14.9. The van der Waals surface area contributed by atoms with Crippen molar-refractivity contribution in [3.63, 3.8) is 0 Å². The third kappa shape index (κ3) is 8.22. The number of aryl methyl sites for hydroxylation is 1. The van der Waals surface area contributed by atoms with Crippen LogP contribution in [0.1, 0.15) is 106 Å². The molecule has 12 heteroatoms. The molecule has 0 spiro atoms. The van der Waals surface area contributed by atoms with Crippen molar-refractivity contribution in [3.05, 3.63) is 110 Å². The highest BCUT2D eigenvalue weighted by atomic mass is 32.1. The van der Waals surface area contributed by atoms with Gasteiger partial charge in [-0.05, 0) is 76.4 Å². The van der Waals surface area contributed by atoms with Crippen LogP contribution in [-0.4, -0.2) is 50.9 Å². The van der Waals surface area contributed by atoms with Gasteiger partial charge in [0.1, 0.15) is 16.4 Å². The van der Waals surface area contributed by atoms with E-state index in [-0.39, 0.29) is 22.9 Å². The van der Waals surface area contributed by atoms with E-state index in [1.807, 2.05) is 12.3 Å². The van der Waals surface area contributed by atoms with Gasteiger partial charge < -0.3 is 20.6 Å². The lowest BCUT2D eigenvalue weighted by Crippen LogP contribution is -2.41. The van der Waals surface area contributed by atoms with Crippen LogP contribution in [0.4, 0.5) is 13.2 Å². The van der Waals surface area contributed by atoms with Crippen molar-refractivity contribution in [2.24, 2.45) is 0 Å². The molecule has 1 aliphatic rings. The van der Waals surface area contributed by atoms with Crippen LogP contribution in [0.25, 0.3) is 0 Å².